The minimum Gasteiger partial charge on any atom is -0.480 e. The van der Waals surface area contributed by atoms with Gasteiger partial charge in [0.1, 0.15) is 17.0 Å². The van der Waals surface area contributed by atoms with E-state index in [1.54, 1.807) is 24.3 Å². The van der Waals surface area contributed by atoms with Crippen LogP contribution in [0.25, 0.3) is 0 Å². The number of hydrogen-bond donors (Lipinski definition) is 2. The van der Waals surface area contributed by atoms with Crippen LogP contribution >= 0.6 is 0 Å². The van der Waals surface area contributed by atoms with E-state index in [-0.39, 0.29) is 12.8 Å². The molecule has 0 atom stereocenters. The second-order valence-corrected chi connectivity index (χ2v) is 5.89. The number of aliphatic carboxylic acids is 1. The number of rotatable bonds is 5. The molecule has 2 N–H and O–H groups in total. The van der Waals surface area contributed by atoms with Crippen LogP contribution in [0.2, 0.25) is 0 Å². The SMILES string of the molecule is O=C(NC1(C(=O)O)CCOCC1)c1ccc(Oc2ccccc2)cc1. The van der Waals surface area contributed by atoms with Gasteiger partial charge in [0.05, 0.1) is 0 Å². The fourth-order valence-corrected chi connectivity index (χ4v) is 2.70. The van der Waals surface area contributed by atoms with Crippen LogP contribution in [0.1, 0.15) is 23.2 Å². The fourth-order valence-electron chi connectivity index (χ4n) is 2.70. The highest BCUT2D eigenvalue weighted by molar-refractivity contribution is 5.98. The van der Waals surface area contributed by atoms with Gasteiger partial charge in [0.2, 0.25) is 0 Å². The minimum absolute atomic E-state index is 0.253. The van der Waals surface area contributed by atoms with E-state index in [1.165, 1.54) is 0 Å². The van der Waals surface area contributed by atoms with Crippen molar-refractivity contribution >= 4 is 11.9 Å². The summed E-state index contributed by atoms with van der Waals surface area (Å²) >= 11 is 0. The average molecular weight is 341 g/mol. The van der Waals surface area contributed by atoms with Gasteiger partial charge in [-0.2, -0.15) is 0 Å². The van der Waals surface area contributed by atoms with Gasteiger partial charge in [0.15, 0.2) is 0 Å². The van der Waals surface area contributed by atoms with Crippen molar-refractivity contribution in [1.29, 1.82) is 0 Å². The van der Waals surface area contributed by atoms with Crippen LogP contribution in [0.5, 0.6) is 11.5 Å². The van der Waals surface area contributed by atoms with Crippen molar-refractivity contribution in [2.24, 2.45) is 0 Å². The normalized spacial score (nSPS) is 16.0. The first kappa shape index (κ1) is 17.0. The van der Waals surface area contributed by atoms with Crippen molar-refractivity contribution in [3.8, 4) is 11.5 Å². The Morgan fingerprint density at radius 3 is 2.16 bits per heavy atom. The van der Waals surface area contributed by atoms with Crippen LogP contribution < -0.4 is 10.1 Å². The molecular weight excluding hydrogens is 322 g/mol. The predicted molar refractivity (Wildman–Crippen MR) is 90.8 cm³/mol. The Hall–Kier alpha value is -2.86. The van der Waals surface area contributed by atoms with Crippen LogP contribution in [0.15, 0.2) is 54.6 Å². The maximum absolute atomic E-state index is 12.4. The second kappa shape index (κ2) is 7.36. The lowest BCUT2D eigenvalue weighted by Crippen LogP contribution is -2.57. The van der Waals surface area contributed by atoms with E-state index >= 15 is 0 Å². The molecule has 130 valence electrons. The molecule has 1 saturated heterocycles. The van der Waals surface area contributed by atoms with Gasteiger partial charge in [-0.25, -0.2) is 4.79 Å². The number of nitrogens with one attached hydrogen (secondary N) is 1. The molecule has 1 heterocycles. The summed E-state index contributed by atoms with van der Waals surface area (Å²) in [5, 5.41) is 12.2. The van der Waals surface area contributed by atoms with Crippen LogP contribution in [-0.4, -0.2) is 35.7 Å². The Labute approximate surface area is 145 Å². The van der Waals surface area contributed by atoms with Gasteiger partial charge in [-0.1, -0.05) is 18.2 Å². The van der Waals surface area contributed by atoms with E-state index in [0.29, 0.717) is 30.3 Å². The van der Waals surface area contributed by atoms with Crippen LogP contribution in [0, 0.1) is 0 Å². The van der Waals surface area contributed by atoms with Gasteiger partial charge >= 0.3 is 5.97 Å². The fraction of sp³-hybridized carbons (Fsp3) is 0.263. The number of hydrogen-bond acceptors (Lipinski definition) is 4. The molecule has 2 aromatic rings. The zero-order valence-electron chi connectivity index (χ0n) is 13.6. The van der Waals surface area contributed by atoms with Gasteiger partial charge in [-0.3, -0.25) is 4.79 Å². The number of benzene rings is 2. The monoisotopic (exact) mass is 341 g/mol. The third-order valence-corrected chi connectivity index (χ3v) is 4.20. The van der Waals surface area contributed by atoms with E-state index < -0.39 is 17.4 Å². The molecule has 2 aromatic carbocycles. The molecule has 25 heavy (non-hydrogen) atoms. The Kier molecular flexibility index (Phi) is 5.00. The third kappa shape index (κ3) is 3.97. The first-order valence-electron chi connectivity index (χ1n) is 8.06. The van der Waals surface area contributed by atoms with Gasteiger partial charge in [-0.05, 0) is 36.4 Å². The summed E-state index contributed by atoms with van der Waals surface area (Å²) in [7, 11) is 0. The number of carboxylic acid groups (broad SMARTS) is 1. The number of carboxylic acids is 1. The van der Waals surface area contributed by atoms with Gasteiger partial charge < -0.3 is 19.9 Å². The van der Waals surface area contributed by atoms with Crippen molar-refractivity contribution in [2.75, 3.05) is 13.2 Å². The Morgan fingerprint density at radius 1 is 0.960 bits per heavy atom. The van der Waals surface area contributed by atoms with E-state index in [1.807, 2.05) is 30.3 Å². The number of carbonyl (C=O) groups excluding carboxylic acids is 1. The highest BCUT2D eigenvalue weighted by atomic mass is 16.5. The summed E-state index contributed by atoms with van der Waals surface area (Å²) in [5.74, 6) is -0.155. The summed E-state index contributed by atoms with van der Waals surface area (Å²) in [6.07, 6.45) is 0.506. The van der Waals surface area contributed by atoms with E-state index in [0.717, 1.165) is 0 Å². The standard InChI is InChI=1S/C19H19NO5/c21-17(20-19(18(22)23)10-12-24-13-11-19)14-6-8-16(9-7-14)25-15-4-2-1-3-5-15/h1-9H,10-13H2,(H,20,21)(H,22,23). The summed E-state index contributed by atoms with van der Waals surface area (Å²) in [6.45, 7) is 0.632. The van der Waals surface area contributed by atoms with Crippen molar-refractivity contribution in [3.63, 3.8) is 0 Å². The largest absolute Gasteiger partial charge is 0.480 e. The summed E-state index contributed by atoms with van der Waals surface area (Å²) in [4.78, 5) is 24.0. The van der Waals surface area contributed by atoms with Gasteiger partial charge in [0.25, 0.3) is 5.91 Å². The van der Waals surface area contributed by atoms with Crippen molar-refractivity contribution in [3.05, 3.63) is 60.2 Å². The van der Waals surface area contributed by atoms with Crippen molar-refractivity contribution in [1.82, 2.24) is 5.32 Å². The van der Waals surface area contributed by atoms with Crippen molar-refractivity contribution in [2.45, 2.75) is 18.4 Å². The molecule has 1 aliphatic rings. The third-order valence-electron chi connectivity index (χ3n) is 4.20. The lowest BCUT2D eigenvalue weighted by atomic mass is 9.89. The van der Waals surface area contributed by atoms with E-state index in [9.17, 15) is 14.7 Å². The highest BCUT2D eigenvalue weighted by Gasteiger charge is 2.41. The lowest BCUT2D eigenvalue weighted by Gasteiger charge is -2.33. The zero-order valence-corrected chi connectivity index (χ0v) is 13.6. The molecule has 6 nitrogen and oxygen atoms in total. The first-order valence-corrected chi connectivity index (χ1v) is 8.06. The van der Waals surface area contributed by atoms with E-state index in [2.05, 4.69) is 5.32 Å². The molecule has 0 radical (unpaired) electrons. The molecule has 0 spiro atoms. The molecule has 1 aliphatic heterocycles. The molecule has 3 rings (SSSR count). The predicted octanol–water partition coefficient (Wildman–Crippen LogP) is 2.84. The number of amides is 1. The molecule has 1 amide bonds. The molecular formula is C19H19NO5. The summed E-state index contributed by atoms with van der Waals surface area (Å²) in [6, 6.07) is 15.9. The van der Waals surface area contributed by atoms with Crippen molar-refractivity contribution < 1.29 is 24.2 Å². The Bertz CT molecular complexity index is 736. The van der Waals surface area contributed by atoms with Crippen LogP contribution in [-0.2, 0) is 9.53 Å². The molecule has 1 fully saturated rings. The topological polar surface area (TPSA) is 84.9 Å². The second-order valence-electron chi connectivity index (χ2n) is 5.89. The lowest BCUT2D eigenvalue weighted by molar-refractivity contribution is -0.148. The zero-order chi connectivity index (χ0) is 17.7. The number of ether oxygens (including phenoxy) is 2. The van der Waals surface area contributed by atoms with Crippen LogP contribution in [0.3, 0.4) is 0 Å². The number of carbonyl (C=O) groups is 2. The average Bonchev–Trinajstić information content (AvgIpc) is 2.64. The van der Waals surface area contributed by atoms with Gasteiger partial charge in [-0.15, -0.1) is 0 Å². The molecule has 0 bridgehead atoms. The number of para-hydroxylation sites is 1. The first-order chi connectivity index (χ1) is 12.1. The summed E-state index contributed by atoms with van der Waals surface area (Å²) in [5.41, 5.74) is -0.887. The Morgan fingerprint density at radius 2 is 1.56 bits per heavy atom. The van der Waals surface area contributed by atoms with Gasteiger partial charge in [0, 0.05) is 31.6 Å². The smallest absolute Gasteiger partial charge is 0.329 e. The molecule has 0 saturated carbocycles. The quantitative estimate of drug-likeness (QED) is 0.873. The maximum Gasteiger partial charge on any atom is 0.329 e. The Balaban J connectivity index is 1.69. The van der Waals surface area contributed by atoms with E-state index in [4.69, 9.17) is 9.47 Å². The molecule has 0 aliphatic carbocycles. The summed E-state index contributed by atoms with van der Waals surface area (Å²) < 4.78 is 10.9. The molecule has 6 heteroatoms. The highest BCUT2D eigenvalue weighted by Crippen LogP contribution is 2.24. The minimum atomic E-state index is -1.27. The van der Waals surface area contributed by atoms with Crippen LogP contribution in [0.4, 0.5) is 0 Å². The molecule has 0 aromatic heterocycles. The molecule has 0 unspecified atom stereocenters. The maximum atomic E-state index is 12.4.